The van der Waals surface area contributed by atoms with Gasteiger partial charge in [-0.15, -0.1) is 0 Å². The summed E-state index contributed by atoms with van der Waals surface area (Å²) in [6, 6.07) is 15.3. The number of carbonyl (C=O) groups excluding carboxylic acids is 1. The fraction of sp³-hybridized carbons (Fsp3) is 0.115. The normalized spacial score (nSPS) is 12.2. The summed E-state index contributed by atoms with van der Waals surface area (Å²) in [4.78, 5) is 23.4. The Morgan fingerprint density at radius 1 is 0.949 bits per heavy atom. The molecule has 1 aliphatic rings. The van der Waals surface area contributed by atoms with Crippen LogP contribution in [0.4, 0.5) is 24.5 Å². The van der Waals surface area contributed by atoms with Crippen LogP contribution in [-0.4, -0.2) is 17.6 Å². The van der Waals surface area contributed by atoms with Crippen LogP contribution in [0.2, 0.25) is 0 Å². The van der Waals surface area contributed by atoms with Gasteiger partial charge in [0.25, 0.3) is 11.6 Å². The van der Waals surface area contributed by atoms with E-state index in [1.807, 2.05) is 0 Å². The standard InChI is InChI=1S/C26H17F3N2O8/c27-26(28,29)15-2-1-3-19(8-15)38-21-10-16(9-17(11-21)31(33)34)30-25(32)23-7-5-20(39-23)13-35-18-4-6-22-24(12-18)37-14-36-22/h1-12H,13-14H2,(H,30,32). The van der Waals surface area contributed by atoms with E-state index in [0.29, 0.717) is 23.0 Å². The monoisotopic (exact) mass is 542 g/mol. The summed E-state index contributed by atoms with van der Waals surface area (Å²) in [5.41, 5.74) is -1.44. The Bertz CT molecular complexity index is 1550. The number of ether oxygens (including phenoxy) is 4. The first-order chi connectivity index (χ1) is 18.6. The van der Waals surface area contributed by atoms with Crippen LogP contribution in [0.3, 0.4) is 0 Å². The van der Waals surface area contributed by atoms with E-state index in [2.05, 4.69) is 5.32 Å². The molecule has 0 atom stereocenters. The number of nitrogens with zero attached hydrogens (tertiary/aromatic N) is 1. The zero-order valence-electron chi connectivity index (χ0n) is 19.7. The second-order valence-corrected chi connectivity index (χ2v) is 8.12. The van der Waals surface area contributed by atoms with E-state index in [4.69, 9.17) is 23.4 Å². The van der Waals surface area contributed by atoms with Crippen LogP contribution in [-0.2, 0) is 12.8 Å². The predicted molar refractivity (Wildman–Crippen MR) is 128 cm³/mol. The number of halogens is 3. The van der Waals surface area contributed by atoms with Crippen LogP contribution < -0.4 is 24.3 Å². The first-order valence-electron chi connectivity index (χ1n) is 11.2. The molecule has 0 saturated heterocycles. The lowest BCUT2D eigenvalue weighted by Gasteiger charge is -2.11. The number of nitro groups is 1. The molecule has 3 aromatic carbocycles. The number of furan rings is 1. The number of carbonyl (C=O) groups is 1. The van der Waals surface area contributed by atoms with Crippen molar-refractivity contribution in [3.8, 4) is 28.7 Å². The molecule has 5 rings (SSSR count). The van der Waals surface area contributed by atoms with Crippen molar-refractivity contribution >= 4 is 17.3 Å². The Hall–Kier alpha value is -5.20. The van der Waals surface area contributed by atoms with Crippen molar-refractivity contribution in [2.24, 2.45) is 0 Å². The molecule has 0 fully saturated rings. The van der Waals surface area contributed by atoms with E-state index in [9.17, 15) is 28.1 Å². The molecule has 1 amide bonds. The van der Waals surface area contributed by atoms with E-state index in [0.717, 1.165) is 30.3 Å². The van der Waals surface area contributed by atoms with Crippen molar-refractivity contribution in [2.45, 2.75) is 12.8 Å². The molecule has 0 bridgehead atoms. The van der Waals surface area contributed by atoms with E-state index < -0.39 is 28.3 Å². The topological polar surface area (TPSA) is 122 Å². The largest absolute Gasteiger partial charge is 0.486 e. The molecule has 39 heavy (non-hydrogen) atoms. The summed E-state index contributed by atoms with van der Waals surface area (Å²) in [6.45, 7) is 0.123. The Balaban J connectivity index is 1.27. The molecule has 0 radical (unpaired) electrons. The molecule has 4 aromatic rings. The van der Waals surface area contributed by atoms with Gasteiger partial charge in [-0.3, -0.25) is 14.9 Å². The van der Waals surface area contributed by atoms with Gasteiger partial charge >= 0.3 is 6.18 Å². The Morgan fingerprint density at radius 2 is 1.77 bits per heavy atom. The molecular weight excluding hydrogens is 525 g/mol. The third kappa shape index (κ3) is 6.04. The molecule has 0 aliphatic carbocycles. The highest BCUT2D eigenvalue weighted by molar-refractivity contribution is 6.02. The molecule has 13 heteroatoms. The zero-order valence-corrected chi connectivity index (χ0v) is 19.7. The maximum atomic E-state index is 13.0. The van der Waals surface area contributed by atoms with Gasteiger partial charge in [0.1, 0.15) is 29.6 Å². The Kier molecular flexibility index (Phi) is 6.71. The number of anilines is 1. The number of benzene rings is 3. The van der Waals surface area contributed by atoms with Crippen LogP contribution in [0.5, 0.6) is 28.7 Å². The lowest BCUT2D eigenvalue weighted by Crippen LogP contribution is -2.11. The number of nitro benzene ring substituents is 1. The smallest absolute Gasteiger partial charge is 0.416 e. The summed E-state index contributed by atoms with van der Waals surface area (Å²) in [5.74, 6) is 0.777. The van der Waals surface area contributed by atoms with Crippen molar-refractivity contribution in [2.75, 3.05) is 12.1 Å². The van der Waals surface area contributed by atoms with Crippen molar-refractivity contribution in [1.82, 2.24) is 0 Å². The zero-order chi connectivity index (χ0) is 27.6. The predicted octanol–water partition coefficient (Wildman–Crippen LogP) is 6.56. The lowest BCUT2D eigenvalue weighted by atomic mass is 10.2. The van der Waals surface area contributed by atoms with Gasteiger partial charge in [0.05, 0.1) is 22.2 Å². The minimum atomic E-state index is -4.60. The minimum Gasteiger partial charge on any atom is -0.486 e. The van der Waals surface area contributed by atoms with Crippen molar-refractivity contribution < 1.29 is 46.3 Å². The summed E-state index contributed by atoms with van der Waals surface area (Å²) in [5, 5.41) is 13.9. The molecule has 1 N–H and O–H groups in total. The highest BCUT2D eigenvalue weighted by atomic mass is 19.4. The van der Waals surface area contributed by atoms with Crippen LogP contribution in [0.1, 0.15) is 21.9 Å². The number of alkyl halides is 3. The maximum absolute atomic E-state index is 13.0. The highest BCUT2D eigenvalue weighted by Crippen LogP contribution is 2.36. The average molecular weight is 542 g/mol. The van der Waals surface area contributed by atoms with Crippen molar-refractivity contribution in [3.05, 3.63) is 100.0 Å². The van der Waals surface area contributed by atoms with Crippen LogP contribution in [0, 0.1) is 10.1 Å². The molecule has 10 nitrogen and oxygen atoms in total. The second-order valence-electron chi connectivity index (χ2n) is 8.12. The lowest BCUT2D eigenvalue weighted by molar-refractivity contribution is -0.384. The summed E-state index contributed by atoms with van der Waals surface area (Å²) in [7, 11) is 0. The molecule has 200 valence electrons. The van der Waals surface area contributed by atoms with Crippen molar-refractivity contribution in [3.63, 3.8) is 0 Å². The number of rotatable bonds is 8. The SMILES string of the molecule is O=C(Nc1cc(Oc2cccc(C(F)(F)F)c2)cc([N+](=O)[O-])c1)c1ccc(COc2ccc3c(c2)OCO3)o1. The number of amides is 1. The fourth-order valence-electron chi connectivity index (χ4n) is 3.58. The van der Waals surface area contributed by atoms with Gasteiger partial charge in [0, 0.05) is 18.2 Å². The molecule has 1 aliphatic heterocycles. The summed E-state index contributed by atoms with van der Waals surface area (Å²) in [6.07, 6.45) is -4.60. The van der Waals surface area contributed by atoms with Gasteiger partial charge in [-0.05, 0) is 42.5 Å². The van der Waals surface area contributed by atoms with Gasteiger partial charge in [0.2, 0.25) is 6.79 Å². The molecule has 2 heterocycles. The molecule has 0 spiro atoms. The van der Waals surface area contributed by atoms with Gasteiger partial charge < -0.3 is 28.7 Å². The highest BCUT2D eigenvalue weighted by Gasteiger charge is 2.30. The van der Waals surface area contributed by atoms with Crippen LogP contribution >= 0.6 is 0 Å². The second kappa shape index (κ2) is 10.3. The summed E-state index contributed by atoms with van der Waals surface area (Å²) < 4.78 is 66.2. The van der Waals surface area contributed by atoms with E-state index in [1.165, 1.54) is 24.3 Å². The fourth-order valence-corrected chi connectivity index (χ4v) is 3.58. The third-order valence-electron chi connectivity index (χ3n) is 5.37. The van der Waals surface area contributed by atoms with E-state index >= 15 is 0 Å². The van der Waals surface area contributed by atoms with Gasteiger partial charge in [-0.2, -0.15) is 13.2 Å². The molecule has 1 aromatic heterocycles. The average Bonchev–Trinajstić information content (AvgIpc) is 3.56. The molecule has 0 unspecified atom stereocenters. The van der Waals surface area contributed by atoms with Crippen LogP contribution in [0.25, 0.3) is 0 Å². The van der Waals surface area contributed by atoms with Gasteiger partial charge in [-0.1, -0.05) is 6.07 Å². The van der Waals surface area contributed by atoms with E-state index in [-0.39, 0.29) is 36.3 Å². The number of fused-ring (bicyclic) bond motifs is 1. The quantitative estimate of drug-likeness (QED) is 0.196. The Labute approximate surface area is 217 Å². The molecule has 0 saturated carbocycles. The maximum Gasteiger partial charge on any atom is 0.416 e. The number of non-ortho nitro benzene ring substituents is 1. The minimum absolute atomic E-state index is 0.00128. The number of hydrogen-bond donors (Lipinski definition) is 1. The summed E-state index contributed by atoms with van der Waals surface area (Å²) >= 11 is 0. The van der Waals surface area contributed by atoms with Gasteiger partial charge in [0.15, 0.2) is 17.3 Å². The molecular formula is C26H17F3N2O8. The first-order valence-corrected chi connectivity index (χ1v) is 11.2. The Morgan fingerprint density at radius 3 is 2.56 bits per heavy atom. The van der Waals surface area contributed by atoms with Gasteiger partial charge in [-0.25, -0.2) is 0 Å². The number of nitrogens with one attached hydrogen (secondary N) is 1. The van der Waals surface area contributed by atoms with Crippen molar-refractivity contribution in [1.29, 1.82) is 0 Å². The van der Waals surface area contributed by atoms with E-state index in [1.54, 1.807) is 18.2 Å². The number of hydrogen-bond acceptors (Lipinski definition) is 8. The third-order valence-corrected chi connectivity index (χ3v) is 5.37. The van der Waals surface area contributed by atoms with Crippen LogP contribution in [0.15, 0.2) is 77.2 Å². The first kappa shape index (κ1) is 25.4.